The first-order valence-electron chi connectivity index (χ1n) is 9.12. The first-order chi connectivity index (χ1) is 12.2. The lowest BCUT2D eigenvalue weighted by Gasteiger charge is -2.33. The Morgan fingerprint density at radius 3 is 3.00 bits per heavy atom. The number of methoxy groups -OCH3 is 1. The molecule has 1 N–H and O–H groups in total. The minimum atomic E-state index is -0.0630. The van der Waals surface area contributed by atoms with E-state index in [1.165, 1.54) is 11.1 Å². The van der Waals surface area contributed by atoms with Gasteiger partial charge in [0.1, 0.15) is 11.9 Å². The summed E-state index contributed by atoms with van der Waals surface area (Å²) >= 11 is 0. The van der Waals surface area contributed by atoms with Crippen molar-refractivity contribution in [2.75, 3.05) is 40.0 Å². The molecule has 2 atom stereocenters. The van der Waals surface area contributed by atoms with Gasteiger partial charge in [-0.1, -0.05) is 12.1 Å². The van der Waals surface area contributed by atoms with Gasteiger partial charge < -0.3 is 24.4 Å². The molecule has 6 heteroatoms. The van der Waals surface area contributed by atoms with Crippen LogP contribution in [-0.2, 0) is 22.3 Å². The lowest BCUT2D eigenvalue weighted by atomic mass is 10.0. The van der Waals surface area contributed by atoms with E-state index in [4.69, 9.17) is 14.2 Å². The van der Waals surface area contributed by atoms with Crippen molar-refractivity contribution in [2.24, 2.45) is 0 Å². The van der Waals surface area contributed by atoms with Crippen LogP contribution in [0.4, 0.5) is 4.79 Å². The zero-order chi connectivity index (χ0) is 17.6. The van der Waals surface area contributed by atoms with E-state index in [1.807, 2.05) is 24.0 Å². The fraction of sp³-hybridized carbons (Fsp3) is 0.632. The summed E-state index contributed by atoms with van der Waals surface area (Å²) in [7, 11) is 1.70. The highest BCUT2D eigenvalue weighted by molar-refractivity contribution is 5.74. The zero-order valence-electron chi connectivity index (χ0n) is 15.1. The highest BCUT2D eigenvalue weighted by atomic mass is 16.5. The van der Waals surface area contributed by atoms with Crippen LogP contribution in [0.3, 0.4) is 0 Å². The maximum absolute atomic E-state index is 12.8. The summed E-state index contributed by atoms with van der Waals surface area (Å²) in [5.41, 5.74) is 2.49. The van der Waals surface area contributed by atoms with E-state index >= 15 is 0 Å². The van der Waals surface area contributed by atoms with Gasteiger partial charge in [0.15, 0.2) is 0 Å². The monoisotopic (exact) mass is 348 g/mol. The van der Waals surface area contributed by atoms with Gasteiger partial charge in [0, 0.05) is 26.3 Å². The summed E-state index contributed by atoms with van der Waals surface area (Å²) in [6.45, 7) is 5.21. The third-order valence-electron chi connectivity index (χ3n) is 5.01. The minimum Gasteiger partial charge on any atom is -0.496 e. The molecule has 6 nitrogen and oxygen atoms in total. The fourth-order valence-electron chi connectivity index (χ4n) is 3.64. The molecule has 0 aliphatic carbocycles. The van der Waals surface area contributed by atoms with Crippen molar-refractivity contribution < 1.29 is 19.0 Å². The first kappa shape index (κ1) is 18.0. The molecule has 0 radical (unpaired) electrons. The molecule has 0 spiro atoms. The number of nitrogens with zero attached hydrogens (tertiary/aromatic N) is 1. The summed E-state index contributed by atoms with van der Waals surface area (Å²) in [5, 5.41) is 3.16. The van der Waals surface area contributed by atoms with Gasteiger partial charge >= 0.3 is 6.03 Å². The zero-order valence-corrected chi connectivity index (χ0v) is 15.1. The highest BCUT2D eigenvalue weighted by Crippen LogP contribution is 2.26. The number of urea groups is 1. The second kappa shape index (κ2) is 8.54. The highest BCUT2D eigenvalue weighted by Gasteiger charge is 2.29. The van der Waals surface area contributed by atoms with E-state index in [2.05, 4.69) is 11.4 Å². The maximum atomic E-state index is 12.8. The van der Waals surface area contributed by atoms with Gasteiger partial charge in [-0.2, -0.15) is 0 Å². The molecule has 1 aromatic rings. The quantitative estimate of drug-likeness (QED) is 0.904. The Morgan fingerprint density at radius 2 is 2.20 bits per heavy atom. The Bertz CT molecular complexity index is 591. The molecule has 3 rings (SSSR count). The van der Waals surface area contributed by atoms with Gasteiger partial charge in [0.25, 0.3) is 0 Å². The van der Waals surface area contributed by atoms with Crippen molar-refractivity contribution in [1.82, 2.24) is 10.2 Å². The molecule has 2 unspecified atom stereocenters. The van der Waals surface area contributed by atoms with E-state index in [0.29, 0.717) is 32.9 Å². The van der Waals surface area contributed by atoms with E-state index in [1.54, 1.807) is 7.11 Å². The van der Waals surface area contributed by atoms with Crippen molar-refractivity contribution in [3.63, 3.8) is 0 Å². The average Bonchev–Trinajstić information content (AvgIpc) is 2.86. The van der Waals surface area contributed by atoms with Crippen LogP contribution in [-0.4, -0.2) is 63.1 Å². The summed E-state index contributed by atoms with van der Waals surface area (Å²) in [6.07, 6.45) is 2.39. The SMILES string of the molecule is CCOC1COCCC1NC(=O)N1CCc2cccc(OC)c2CC1. The van der Waals surface area contributed by atoms with Crippen LogP contribution >= 0.6 is 0 Å². The number of nitrogens with one attached hydrogen (secondary N) is 1. The molecule has 1 aromatic carbocycles. The molecule has 2 heterocycles. The van der Waals surface area contributed by atoms with Crippen LogP contribution in [0, 0.1) is 0 Å². The van der Waals surface area contributed by atoms with Gasteiger partial charge in [-0.25, -0.2) is 4.79 Å². The molecular weight excluding hydrogens is 320 g/mol. The van der Waals surface area contributed by atoms with Crippen LogP contribution in [0.5, 0.6) is 5.75 Å². The predicted octanol–water partition coefficient (Wildman–Crippen LogP) is 2.00. The predicted molar refractivity (Wildman–Crippen MR) is 95.1 cm³/mol. The summed E-state index contributed by atoms with van der Waals surface area (Å²) in [5.74, 6) is 0.917. The van der Waals surface area contributed by atoms with Gasteiger partial charge in [-0.05, 0) is 43.4 Å². The first-order valence-corrected chi connectivity index (χ1v) is 9.12. The molecule has 1 saturated heterocycles. The van der Waals surface area contributed by atoms with Crippen LogP contribution in [0.15, 0.2) is 18.2 Å². The standard InChI is InChI=1S/C19H28N2O4/c1-3-25-18-13-24-12-9-16(18)20-19(22)21-10-7-14-5-4-6-17(23-2)15(14)8-11-21/h4-6,16,18H,3,7-13H2,1-2H3,(H,20,22). The van der Waals surface area contributed by atoms with Gasteiger partial charge in [0.2, 0.25) is 0 Å². The molecule has 0 bridgehead atoms. The molecule has 1 fully saturated rings. The lowest BCUT2D eigenvalue weighted by molar-refractivity contribution is -0.0632. The van der Waals surface area contributed by atoms with Crippen molar-refractivity contribution in [3.05, 3.63) is 29.3 Å². The Balaban J connectivity index is 1.62. The number of amides is 2. The van der Waals surface area contributed by atoms with Crippen molar-refractivity contribution in [2.45, 2.75) is 38.3 Å². The van der Waals surface area contributed by atoms with Gasteiger partial charge in [-0.3, -0.25) is 0 Å². The van der Waals surface area contributed by atoms with Gasteiger partial charge in [0.05, 0.1) is 19.8 Å². The molecular formula is C19H28N2O4. The second-order valence-electron chi connectivity index (χ2n) is 6.50. The molecule has 25 heavy (non-hydrogen) atoms. The van der Waals surface area contributed by atoms with Crippen molar-refractivity contribution >= 4 is 6.03 Å². The Labute approximate surface area is 149 Å². The van der Waals surface area contributed by atoms with E-state index < -0.39 is 0 Å². The lowest BCUT2D eigenvalue weighted by Crippen LogP contribution is -2.54. The largest absolute Gasteiger partial charge is 0.496 e. The third-order valence-corrected chi connectivity index (χ3v) is 5.01. The number of ether oxygens (including phenoxy) is 3. The molecule has 0 aromatic heterocycles. The average molecular weight is 348 g/mol. The van der Waals surface area contributed by atoms with Crippen LogP contribution in [0.1, 0.15) is 24.5 Å². The van der Waals surface area contributed by atoms with Crippen molar-refractivity contribution in [3.8, 4) is 5.75 Å². The molecule has 2 amide bonds. The van der Waals surface area contributed by atoms with Crippen LogP contribution in [0.25, 0.3) is 0 Å². The number of fused-ring (bicyclic) bond motifs is 1. The van der Waals surface area contributed by atoms with Crippen LogP contribution < -0.4 is 10.1 Å². The molecule has 138 valence electrons. The molecule has 0 saturated carbocycles. The van der Waals surface area contributed by atoms with Crippen molar-refractivity contribution in [1.29, 1.82) is 0 Å². The maximum Gasteiger partial charge on any atom is 0.317 e. The fourth-order valence-corrected chi connectivity index (χ4v) is 3.64. The third kappa shape index (κ3) is 4.25. The topological polar surface area (TPSA) is 60.0 Å². The summed E-state index contributed by atoms with van der Waals surface area (Å²) in [4.78, 5) is 14.7. The number of benzene rings is 1. The number of hydrogen-bond acceptors (Lipinski definition) is 4. The van der Waals surface area contributed by atoms with E-state index in [9.17, 15) is 4.79 Å². The Hall–Kier alpha value is -1.79. The Kier molecular flexibility index (Phi) is 6.15. The Morgan fingerprint density at radius 1 is 1.36 bits per heavy atom. The van der Waals surface area contributed by atoms with E-state index in [0.717, 1.165) is 25.0 Å². The number of rotatable bonds is 4. The normalized spacial score (nSPS) is 23.5. The number of hydrogen-bond donors (Lipinski definition) is 1. The van der Waals surface area contributed by atoms with Gasteiger partial charge in [-0.15, -0.1) is 0 Å². The number of carbonyl (C=O) groups is 1. The molecule has 2 aliphatic rings. The smallest absolute Gasteiger partial charge is 0.317 e. The summed E-state index contributed by atoms with van der Waals surface area (Å²) in [6, 6.07) is 6.14. The number of carbonyl (C=O) groups excluding carboxylic acids is 1. The molecule has 2 aliphatic heterocycles. The second-order valence-corrected chi connectivity index (χ2v) is 6.50. The van der Waals surface area contributed by atoms with Crippen LogP contribution in [0.2, 0.25) is 0 Å². The summed E-state index contributed by atoms with van der Waals surface area (Å²) < 4.78 is 16.7. The minimum absolute atomic E-state index is 0.0108. The van der Waals surface area contributed by atoms with E-state index in [-0.39, 0.29) is 18.2 Å².